The largest absolute Gasteiger partial charge is 0.495 e. The first-order valence-electron chi connectivity index (χ1n) is 13.6. The highest BCUT2D eigenvalue weighted by Gasteiger charge is 2.81. The Hall–Kier alpha value is -3.99. The molecule has 0 unspecified atom stereocenters. The summed E-state index contributed by atoms with van der Waals surface area (Å²) in [6, 6.07) is 13.3. The number of carbonyl (C=O) groups excluding carboxylic acids is 5. The fraction of sp³-hybridized carbons (Fsp3) is 0.387. The number of amides is 4. The number of nitrogens with zero attached hydrogens (tertiary/aromatic N) is 2. The molecule has 42 heavy (non-hydrogen) atoms. The third-order valence-corrected chi connectivity index (χ3v) is 11.0. The van der Waals surface area contributed by atoms with Crippen LogP contribution in [-0.2, 0) is 28.7 Å². The molecular formula is C31H29BrN2O8. The average Bonchev–Trinajstić information content (AvgIpc) is 3.41. The Morgan fingerprint density at radius 2 is 1.19 bits per heavy atom. The Balaban J connectivity index is 1.60. The number of benzene rings is 2. The number of hydrogen-bond acceptors (Lipinski definition) is 8. The van der Waals surface area contributed by atoms with Crippen LogP contribution in [0.5, 0.6) is 11.5 Å². The summed E-state index contributed by atoms with van der Waals surface area (Å²) in [5.74, 6) is -6.79. The van der Waals surface area contributed by atoms with E-state index in [1.165, 1.54) is 14.2 Å². The predicted molar refractivity (Wildman–Crippen MR) is 154 cm³/mol. The van der Waals surface area contributed by atoms with Gasteiger partial charge in [-0.25, -0.2) is 14.6 Å². The van der Waals surface area contributed by atoms with E-state index in [-0.39, 0.29) is 23.6 Å². The van der Waals surface area contributed by atoms with E-state index in [9.17, 15) is 24.0 Å². The summed E-state index contributed by atoms with van der Waals surface area (Å²) in [5.41, 5.74) is -0.518. The van der Waals surface area contributed by atoms with E-state index >= 15 is 0 Å². The van der Waals surface area contributed by atoms with Crippen LogP contribution in [-0.4, -0.2) is 54.7 Å². The lowest BCUT2D eigenvalue weighted by Crippen LogP contribution is -2.67. The van der Waals surface area contributed by atoms with Crippen LogP contribution >= 0.6 is 15.9 Å². The molecule has 5 aliphatic rings. The van der Waals surface area contributed by atoms with Crippen LogP contribution in [0.4, 0.5) is 11.4 Å². The Labute approximate surface area is 250 Å². The van der Waals surface area contributed by atoms with Gasteiger partial charge in [-0.05, 0) is 43.7 Å². The molecule has 2 aromatic rings. The molecule has 3 fully saturated rings. The van der Waals surface area contributed by atoms with Crippen LogP contribution in [0.3, 0.4) is 0 Å². The van der Waals surface area contributed by atoms with Crippen molar-refractivity contribution in [3.05, 3.63) is 59.7 Å². The maximum absolute atomic E-state index is 14.4. The maximum atomic E-state index is 14.4. The SMILES string of the molecule is CCOC(=O)C1=C(C)C2(Br)[C@@H]3C(=O)N(c4ccccc4OC)C(=O)[C@@H]3C1(C)[C@H]1C(=O)N(c3ccccc3OC)C(=O)[C@H]12. The summed E-state index contributed by atoms with van der Waals surface area (Å²) in [6.07, 6.45) is 0. The van der Waals surface area contributed by atoms with E-state index in [4.69, 9.17) is 14.2 Å². The summed E-state index contributed by atoms with van der Waals surface area (Å²) in [6.45, 7) is 5.02. The van der Waals surface area contributed by atoms with Gasteiger partial charge in [0.25, 0.3) is 0 Å². The molecule has 0 radical (unpaired) electrons. The monoisotopic (exact) mass is 636 g/mol. The molecule has 4 atom stereocenters. The van der Waals surface area contributed by atoms with E-state index in [0.29, 0.717) is 17.1 Å². The van der Waals surface area contributed by atoms with Crippen molar-refractivity contribution in [2.45, 2.75) is 25.1 Å². The zero-order valence-electron chi connectivity index (χ0n) is 23.7. The van der Waals surface area contributed by atoms with Crippen LogP contribution < -0.4 is 19.3 Å². The second-order valence-corrected chi connectivity index (χ2v) is 12.4. The number of allylic oxidation sites excluding steroid dienone is 1. The quantitative estimate of drug-likeness (QED) is 0.268. The number of alkyl halides is 1. The molecule has 2 bridgehead atoms. The molecule has 3 aliphatic carbocycles. The van der Waals surface area contributed by atoms with E-state index in [1.807, 2.05) is 0 Å². The standard InChI is InChI=1S/C31H29BrN2O8/c1-6-42-29(39)20-15(2)31(32)23-21(25(35)33(27(23)37)16-11-7-9-13-18(16)40-4)30(20,3)22-24(31)28(38)34(26(22)36)17-12-8-10-14-19(17)41-5/h7-14,21-24H,6H2,1-5H3/t21-,22-,23+,24+,30?,31?/m1/s1. The van der Waals surface area contributed by atoms with Crippen molar-refractivity contribution >= 4 is 56.9 Å². The van der Waals surface area contributed by atoms with E-state index in [2.05, 4.69) is 15.9 Å². The van der Waals surface area contributed by atoms with Crippen LogP contribution in [0.2, 0.25) is 0 Å². The van der Waals surface area contributed by atoms with E-state index in [1.54, 1.807) is 69.3 Å². The van der Waals surface area contributed by atoms with Gasteiger partial charge in [0.15, 0.2) is 0 Å². The van der Waals surface area contributed by atoms with Crippen LogP contribution in [0.15, 0.2) is 59.7 Å². The summed E-state index contributed by atoms with van der Waals surface area (Å²) >= 11 is 3.78. The Morgan fingerprint density at radius 1 is 0.786 bits per heavy atom. The number of anilines is 2. The normalized spacial score (nSPS) is 31.5. The Kier molecular flexibility index (Phi) is 6.38. The number of ether oxygens (including phenoxy) is 3. The fourth-order valence-corrected chi connectivity index (χ4v) is 8.95. The summed E-state index contributed by atoms with van der Waals surface area (Å²) in [5, 5.41) is 0. The molecular weight excluding hydrogens is 608 g/mol. The first-order valence-corrected chi connectivity index (χ1v) is 14.4. The number of hydrogen-bond donors (Lipinski definition) is 0. The van der Waals surface area contributed by atoms with Crippen molar-refractivity contribution in [1.29, 1.82) is 0 Å². The van der Waals surface area contributed by atoms with Gasteiger partial charge in [-0.2, -0.15) is 0 Å². The third kappa shape index (κ3) is 3.22. The highest BCUT2D eigenvalue weighted by molar-refractivity contribution is 9.10. The minimum absolute atomic E-state index is 0.0591. The molecule has 2 aliphatic heterocycles. The first-order chi connectivity index (χ1) is 20.0. The highest BCUT2D eigenvalue weighted by Crippen LogP contribution is 2.73. The van der Waals surface area contributed by atoms with Gasteiger partial charge in [-0.1, -0.05) is 47.1 Å². The highest BCUT2D eigenvalue weighted by atomic mass is 79.9. The van der Waals surface area contributed by atoms with Crippen LogP contribution in [0.25, 0.3) is 0 Å². The van der Waals surface area contributed by atoms with Crippen molar-refractivity contribution in [3.8, 4) is 11.5 Å². The Morgan fingerprint density at radius 3 is 1.60 bits per heavy atom. The maximum Gasteiger partial charge on any atom is 0.334 e. The van der Waals surface area contributed by atoms with Gasteiger partial charge in [-0.3, -0.25) is 19.2 Å². The summed E-state index contributed by atoms with van der Waals surface area (Å²) in [7, 11) is 2.87. The third-order valence-electron chi connectivity index (χ3n) is 9.43. The lowest BCUT2D eigenvalue weighted by molar-refractivity contribution is -0.152. The van der Waals surface area contributed by atoms with Crippen molar-refractivity contribution in [1.82, 2.24) is 0 Å². The molecule has 0 aromatic heterocycles. The van der Waals surface area contributed by atoms with E-state index in [0.717, 1.165) is 9.80 Å². The number of methoxy groups -OCH3 is 2. The minimum Gasteiger partial charge on any atom is -0.495 e. The van der Waals surface area contributed by atoms with E-state index < -0.39 is 63.0 Å². The Bertz CT molecular complexity index is 1520. The second-order valence-electron chi connectivity index (χ2n) is 11.0. The minimum atomic E-state index is -1.55. The molecule has 2 saturated heterocycles. The van der Waals surface area contributed by atoms with Crippen LogP contribution in [0.1, 0.15) is 20.8 Å². The van der Waals surface area contributed by atoms with Gasteiger partial charge in [0, 0.05) is 11.0 Å². The molecule has 10 nitrogen and oxygen atoms in total. The molecule has 7 rings (SSSR count). The van der Waals surface area contributed by atoms with Gasteiger partial charge < -0.3 is 14.2 Å². The number of para-hydroxylation sites is 4. The fourth-order valence-electron chi connectivity index (χ4n) is 7.83. The number of rotatable bonds is 6. The predicted octanol–water partition coefficient (Wildman–Crippen LogP) is 3.66. The first kappa shape index (κ1) is 28.1. The number of carbonyl (C=O) groups is 5. The smallest absolute Gasteiger partial charge is 0.334 e. The zero-order valence-corrected chi connectivity index (χ0v) is 25.3. The molecule has 0 spiro atoms. The molecule has 2 heterocycles. The molecule has 218 valence electrons. The number of esters is 1. The topological polar surface area (TPSA) is 120 Å². The van der Waals surface area contributed by atoms with Gasteiger partial charge in [-0.15, -0.1) is 0 Å². The van der Waals surface area contributed by atoms with Gasteiger partial charge in [0.05, 0.1) is 60.2 Å². The number of halogens is 1. The summed E-state index contributed by atoms with van der Waals surface area (Å²) < 4.78 is 14.9. The zero-order chi connectivity index (χ0) is 30.3. The van der Waals surface area contributed by atoms with Crippen LogP contribution in [0, 0.1) is 29.1 Å². The molecule has 2 aromatic carbocycles. The number of imide groups is 2. The van der Waals surface area contributed by atoms with Crippen molar-refractivity contribution in [3.63, 3.8) is 0 Å². The van der Waals surface area contributed by atoms with Crippen molar-refractivity contribution in [2.24, 2.45) is 29.1 Å². The van der Waals surface area contributed by atoms with Gasteiger partial charge in [0.1, 0.15) is 11.5 Å². The second kappa shape index (κ2) is 9.52. The molecule has 0 N–H and O–H groups in total. The lowest BCUT2D eigenvalue weighted by atomic mass is 9.43. The van der Waals surface area contributed by atoms with Gasteiger partial charge in [0.2, 0.25) is 23.6 Å². The van der Waals surface area contributed by atoms with Crippen molar-refractivity contribution < 1.29 is 38.2 Å². The molecule has 4 amide bonds. The average molecular weight is 637 g/mol. The van der Waals surface area contributed by atoms with Gasteiger partial charge >= 0.3 is 5.97 Å². The molecule has 1 saturated carbocycles. The van der Waals surface area contributed by atoms with Crippen molar-refractivity contribution in [2.75, 3.05) is 30.6 Å². The summed E-state index contributed by atoms with van der Waals surface area (Å²) in [4.78, 5) is 73.4. The molecule has 11 heteroatoms. The lowest BCUT2D eigenvalue weighted by Gasteiger charge is -2.59.